The number of hydrogen-bond donors (Lipinski definition) is 1. The minimum Gasteiger partial charge on any atom is -0.325 e. The summed E-state index contributed by atoms with van der Waals surface area (Å²) in [4.78, 5) is 12.5. The van der Waals surface area contributed by atoms with Crippen molar-refractivity contribution in [3.8, 4) is 0 Å². The molecule has 1 aliphatic rings. The summed E-state index contributed by atoms with van der Waals surface area (Å²) in [6.07, 6.45) is -4.27. The first kappa shape index (κ1) is 23.8. The van der Waals surface area contributed by atoms with E-state index in [4.69, 9.17) is 23.2 Å². The molecule has 1 amide bonds. The molecule has 0 radical (unpaired) electrons. The number of rotatable bonds is 5. The van der Waals surface area contributed by atoms with Crippen LogP contribution in [0.1, 0.15) is 24.0 Å². The van der Waals surface area contributed by atoms with Crippen molar-refractivity contribution in [1.29, 1.82) is 0 Å². The summed E-state index contributed by atoms with van der Waals surface area (Å²) in [6, 6.07) is 9.66. The zero-order valence-corrected chi connectivity index (χ0v) is 18.5. The maximum absolute atomic E-state index is 13.2. The van der Waals surface area contributed by atoms with Gasteiger partial charge in [-0.3, -0.25) is 4.79 Å². The Balaban J connectivity index is 1.63. The van der Waals surface area contributed by atoms with Crippen molar-refractivity contribution >= 4 is 44.8 Å². The molecule has 11 heteroatoms. The molecule has 1 aliphatic heterocycles. The van der Waals surface area contributed by atoms with Gasteiger partial charge >= 0.3 is 6.18 Å². The quantitative estimate of drug-likeness (QED) is 0.621. The molecule has 3 rings (SSSR count). The van der Waals surface area contributed by atoms with Crippen molar-refractivity contribution < 1.29 is 26.4 Å². The molecule has 1 N–H and O–H groups in total. The smallest absolute Gasteiger partial charge is 0.325 e. The van der Waals surface area contributed by atoms with E-state index in [2.05, 4.69) is 5.32 Å². The van der Waals surface area contributed by atoms with Gasteiger partial charge in [-0.25, -0.2) is 12.7 Å². The van der Waals surface area contributed by atoms with Crippen molar-refractivity contribution in [2.75, 3.05) is 18.4 Å². The highest BCUT2D eigenvalue weighted by atomic mass is 35.5. The van der Waals surface area contributed by atoms with Crippen LogP contribution in [0, 0.1) is 5.92 Å². The Hall–Kier alpha value is -1.81. The third-order valence-corrected chi connectivity index (χ3v) is 7.32. The number of sulfonamides is 1. The third-order valence-electron chi connectivity index (χ3n) is 5.00. The molecule has 0 spiro atoms. The number of piperidine rings is 1. The van der Waals surface area contributed by atoms with E-state index in [1.165, 1.54) is 10.4 Å². The van der Waals surface area contributed by atoms with Gasteiger partial charge in [-0.05, 0) is 48.7 Å². The largest absolute Gasteiger partial charge is 0.418 e. The maximum atomic E-state index is 13.2. The minimum atomic E-state index is -4.68. The van der Waals surface area contributed by atoms with Gasteiger partial charge in [-0.2, -0.15) is 13.2 Å². The summed E-state index contributed by atoms with van der Waals surface area (Å²) >= 11 is 11.5. The van der Waals surface area contributed by atoms with Gasteiger partial charge in [0.2, 0.25) is 15.9 Å². The van der Waals surface area contributed by atoms with Crippen LogP contribution in [0.25, 0.3) is 0 Å². The second-order valence-electron chi connectivity index (χ2n) is 7.24. The monoisotopic (exact) mass is 494 g/mol. The molecule has 0 unspecified atom stereocenters. The number of hydrogen-bond acceptors (Lipinski definition) is 3. The Labute approximate surface area is 188 Å². The van der Waals surface area contributed by atoms with E-state index in [1.807, 2.05) is 0 Å². The number of amides is 1. The van der Waals surface area contributed by atoms with Crippen LogP contribution in [-0.2, 0) is 26.7 Å². The summed E-state index contributed by atoms with van der Waals surface area (Å²) in [5.74, 6) is -1.40. The number of carbonyl (C=O) groups is 1. The van der Waals surface area contributed by atoms with Crippen LogP contribution < -0.4 is 5.32 Å². The van der Waals surface area contributed by atoms with Crippen molar-refractivity contribution in [2.24, 2.45) is 5.92 Å². The van der Waals surface area contributed by atoms with Crippen molar-refractivity contribution in [3.05, 3.63) is 63.6 Å². The summed E-state index contributed by atoms with van der Waals surface area (Å²) in [7, 11) is -3.61. The Morgan fingerprint density at radius 3 is 2.32 bits per heavy atom. The number of nitrogens with zero attached hydrogens (tertiary/aromatic N) is 1. The van der Waals surface area contributed by atoms with Gasteiger partial charge in [0.15, 0.2) is 0 Å². The van der Waals surface area contributed by atoms with E-state index < -0.39 is 33.6 Å². The second kappa shape index (κ2) is 9.36. The molecule has 31 heavy (non-hydrogen) atoms. The first-order valence-corrected chi connectivity index (χ1v) is 11.7. The first-order chi connectivity index (χ1) is 14.5. The van der Waals surface area contributed by atoms with E-state index in [0.29, 0.717) is 10.6 Å². The number of carbonyl (C=O) groups excluding carboxylic acids is 1. The standard InChI is InChI=1S/C20H19Cl2F3N2O3S/c21-15-3-1-2-13(10-15)12-31(29,30)27-8-6-14(7-9-27)19(28)26-18-5-4-16(22)11-17(18)20(23,24)25/h1-5,10-11,14H,6-9,12H2,(H,26,28). The van der Waals surface area contributed by atoms with Gasteiger partial charge in [-0.15, -0.1) is 0 Å². The van der Waals surface area contributed by atoms with Crippen LogP contribution >= 0.6 is 23.2 Å². The molecule has 0 bridgehead atoms. The molecule has 1 saturated heterocycles. The molecular formula is C20H19Cl2F3N2O3S. The number of anilines is 1. The van der Waals surface area contributed by atoms with Crippen molar-refractivity contribution in [1.82, 2.24) is 4.31 Å². The summed E-state index contributed by atoms with van der Waals surface area (Å²) in [6.45, 7) is 0.210. The number of benzene rings is 2. The molecule has 1 heterocycles. The van der Waals surface area contributed by atoms with Crippen LogP contribution in [0.2, 0.25) is 10.0 Å². The molecule has 1 fully saturated rings. The van der Waals surface area contributed by atoms with Crippen molar-refractivity contribution in [3.63, 3.8) is 0 Å². The van der Waals surface area contributed by atoms with Crippen LogP contribution in [0.15, 0.2) is 42.5 Å². The fourth-order valence-electron chi connectivity index (χ4n) is 3.42. The van der Waals surface area contributed by atoms with E-state index >= 15 is 0 Å². The molecular weight excluding hydrogens is 476 g/mol. The average molecular weight is 495 g/mol. The fraction of sp³-hybridized carbons (Fsp3) is 0.350. The molecule has 0 saturated carbocycles. The van der Waals surface area contributed by atoms with Gasteiger partial charge in [0.1, 0.15) is 0 Å². The Bertz CT molecular complexity index is 1070. The predicted octanol–water partition coefficient (Wildman–Crippen LogP) is 5.19. The second-order valence-corrected chi connectivity index (χ2v) is 10.1. The van der Waals surface area contributed by atoms with E-state index in [-0.39, 0.29) is 42.4 Å². The van der Waals surface area contributed by atoms with Gasteiger partial charge in [0, 0.05) is 29.1 Å². The Kier molecular flexibility index (Phi) is 7.20. The predicted molar refractivity (Wildman–Crippen MR) is 113 cm³/mol. The molecule has 0 aliphatic carbocycles. The molecule has 5 nitrogen and oxygen atoms in total. The van der Waals surface area contributed by atoms with Crippen LogP contribution in [0.3, 0.4) is 0 Å². The lowest BCUT2D eigenvalue weighted by Crippen LogP contribution is -2.42. The topological polar surface area (TPSA) is 66.5 Å². The van der Waals surface area contributed by atoms with Gasteiger partial charge in [0.25, 0.3) is 0 Å². The van der Waals surface area contributed by atoms with Gasteiger partial charge in [-0.1, -0.05) is 35.3 Å². The maximum Gasteiger partial charge on any atom is 0.418 e. The van der Waals surface area contributed by atoms with E-state index in [0.717, 1.165) is 12.1 Å². The summed E-state index contributed by atoms with van der Waals surface area (Å²) in [5, 5.41) is 2.65. The number of nitrogens with one attached hydrogen (secondary N) is 1. The SMILES string of the molecule is O=C(Nc1ccc(Cl)cc1C(F)(F)F)C1CCN(S(=O)(=O)Cc2cccc(Cl)c2)CC1. The third kappa shape index (κ3) is 6.12. The Morgan fingerprint density at radius 1 is 1.06 bits per heavy atom. The fourth-order valence-corrected chi connectivity index (χ4v) is 5.36. The normalized spacial score (nSPS) is 16.3. The molecule has 2 aromatic rings. The average Bonchev–Trinajstić information content (AvgIpc) is 2.68. The van der Waals surface area contributed by atoms with E-state index in [9.17, 15) is 26.4 Å². The van der Waals surface area contributed by atoms with Gasteiger partial charge < -0.3 is 5.32 Å². The lowest BCUT2D eigenvalue weighted by Gasteiger charge is -2.30. The van der Waals surface area contributed by atoms with Gasteiger partial charge in [0.05, 0.1) is 17.0 Å². The van der Waals surface area contributed by atoms with E-state index in [1.54, 1.807) is 24.3 Å². The number of halogens is 5. The van der Waals surface area contributed by atoms with Crippen LogP contribution in [0.4, 0.5) is 18.9 Å². The highest BCUT2D eigenvalue weighted by Crippen LogP contribution is 2.37. The molecule has 0 aromatic heterocycles. The molecule has 168 valence electrons. The molecule has 0 atom stereocenters. The van der Waals surface area contributed by atoms with Crippen LogP contribution in [-0.4, -0.2) is 31.7 Å². The lowest BCUT2D eigenvalue weighted by molar-refractivity contribution is -0.137. The highest BCUT2D eigenvalue weighted by Gasteiger charge is 2.36. The molecule has 2 aromatic carbocycles. The summed E-state index contributed by atoms with van der Waals surface area (Å²) in [5.41, 5.74) is -0.859. The Morgan fingerprint density at radius 2 is 1.71 bits per heavy atom. The summed E-state index contributed by atoms with van der Waals surface area (Å²) < 4.78 is 66.3. The minimum absolute atomic E-state index is 0.0939. The lowest BCUT2D eigenvalue weighted by atomic mass is 9.97. The zero-order valence-electron chi connectivity index (χ0n) is 16.1. The number of alkyl halides is 3. The van der Waals surface area contributed by atoms with Crippen LogP contribution in [0.5, 0.6) is 0 Å². The zero-order chi connectivity index (χ0) is 22.8. The highest BCUT2D eigenvalue weighted by molar-refractivity contribution is 7.88. The first-order valence-electron chi connectivity index (χ1n) is 9.35. The van der Waals surface area contributed by atoms with Crippen molar-refractivity contribution in [2.45, 2.75) is 24.8 Å².